The normalized spacial score (nSPS) is 21.4. The van der Waals surface area contributed by atoms with Crippen molar-refractivity contribution in [3.05, 3.63) is 77.4 Å². The summed E-state index contributed by atoms with van der Waals surface area (Å²) in [5, 5.41) is 3.33. The van der Waals surface area contributed by atoms with Crippen LogP contribution in [0.1, 0.15) is 41.3 Å². The van der Waals surface area contributed by atoms with Crippen molar-refractivity contribution in [3.8, 4) is 0 Å². The summed E-state index contributed by atoms with van der Waals surface area (Å²) >= 11 is 0. The Labute approximate surface area is 183 Å². The molecular weight excluding hydrogens is 388 g/mol. The third-order valence-corrected chi connectivity index (χ3v) is 6.32. The highest BCUT2D eigenvalue weighted by atomic mass is 16.2. The summed E-state index contributed by atoms with van der Waals surface area (Å²) < 4.78 is 0. The Balaban J connectivity index is 1.38. The van der Waals surface area contributed by atoms with E-state index in [1.807, 2.05) is 74.5 Å². The average Bonchev–Trinajstić information content (AvgIpc) is 3.20. The fraction of sp³-hybridized carbons (Fsp3) is 0.346. The van der Waals surface area contributed by atoms with E-state index in [0.29, 0.717) is 25.9 Å². The Morgan fingerprint density at radius 2 is 1.68 bits per heavy atom. The molecule has 2 heterocycles. The minimum atomic E-state index is -0.477. The van der Waals surface area contributed by atoms with Gasteiger partial charge in [0.05, 0.1) is 5.92 Å². The van der Waals surface area contributed by atoms with E-state index < -0.39 is 11.8 Å². The highest BCUT2D eigenvalue weighted by Gasteiger charge is 2.37. The number of Topliss-reactive ketones (excluding diaryl/α,β-unsaturated/α-hetero) is 2. The van der Waals surface area contributed by atoms with Gasteiger partial charge in [-0.2, -0.15) is 0 Å². The van der Waals surface area contributed by atoms with Crippen LogP contribution in [-0.4, -0.2) is 41.5 Å². The van der Waals surface area contributed by atoms with E-state index in [1.165, 1.54) is 0 Å². The van der Waals surface area contributed by atoms with Gasteiger partial charge in [0.1, 0.15) is 0 Å². The number of benzene rings is 2. The average molecular weight is 417 g/mol. The van der Waals surface area contributed by atoms with Crippen LogP contribution in [0.4, 0.5) is 0 Å². The van der Waals surface area contributed by atoms with Crippen LogP contribution in [0.25, 0.3) is 5.70 Å². The van der Waals surface area contributed by atoms with Crippen LogP contribution in [0.3, 0.4) is 0 Å². The maximum atomic E-state index is 13.0. The number of carbonyl (C=O) groups is 3. The van der Waals surface area contributed by atoms with Gasteiger partial charge >= 0.3 is 0 Å². The first-order valence-electron chi connectivity index (χ1n) is 10.9. The van der Waals surface area contributed by atoms with E-state index >= 15 is 0 Å². The summed E-state index contributed by atoms with van der Waals surface area (Å²) in [6, 6.07) is 17.3. The summed E-state index contributed by atoms with van der Waals surface area (Å²) in [7, 11) is 0. The molecule has 31 heavy (non-hydrogen) atoms. The summed E-state index contributed by atoms with van der Waals surface area (Å²) in [4.78, 5) is 40.3. The molecule has 5 heteroatoms. The Bertz CT molecular complexity index is 1020. The van der Waals surface area contributed by atoms with Crippen LogP contribution in [0.15, 0.2) is 60.7 Å². The van der Waals surface area contributed by atoms with Crippen LogP contribution < -0.4 is 5.32 Å². The third-order valence-electron chi connectivity index (χ3n) is 6.32. The van der Waals surface area contributed by atoms with E-state index in [0.717, 1.165) is 22.4 Å². The number of piperidine rings is 1. The van der Waals surface area contributed by atoms with Crippen molar-refractivity contribution in [2.45, 2.75) is 32.7 Å². The fourth-order valence-electron chi connectivity index (χ4n) is 4.48. The van der Waals surface area contributed by atoms with Crippen molar-refractivity contribution in [2.24, 2.45) is 11.8 Å². The van der Waals surface area contributed by atoms with E-state index in [2.05, 4.69) is 5.32 Å². The minimum Gasteiger partial charge on any atom is -0.381 e. The molecule has 4 rings (SSSR count). The van der Waals surface area contributed by atoms with Crippen LogP contribution in [0.5, 0.6) is 0 Å². The van der Waals surface area contributed by atoms with Crippen molar-refractivity contribution in [1.82, 2.24) is 10.2 Å². The topological polar surface area (TPSA) is 66.5 Å². The standard InChI is InChI=1S/C26H28N2O3/c1-17-7-6-10-21(15-17)24(29)20-11-13-28(14-12-20)26(31)25(30)22-16-23(27-18(22)2)19-8-4-3-5-9-19/h3-10,15-16,18,20,22,27H,11-14H2,1-2H3. The van der Waals surface area contributed by atoms with Crippen LogP contribution in [0.2, 0.25) is 0 Å². The number of carbonyl (C=O) groups excluding carboxylic acids is 3. The summed E-state index contributed by atoms with van der Waals surface area (Å²) in [6.07, 6.45) is 3.05. The second-order valence-corrected chi connectivity index (χ2v) is 8.57. The largest absolute Gasteiger partial charge is 0.381 e. The predicted octanol–water partition coefficient (Wildman–Crippen LogP) is 3.63. The molecule has 1 saturated heterocycles. The lowest BCUT2D eigenvalue weighted by atomic mass is 9.88. The molecule has 0 radical (unpaired) electrons. The second kappa shape index (κ2) is 8.88. The van der Waals surface area contributed by atoms with Gasteiger partial charge in [-0.15, -0.1) is 0 Å². The van der Waals surface area contributed by atoms with Crippen molar-refractivity contribution in [3.63, 3.8) is 0 Å². The van der Waals surface area contributed by atoms with Crippen molar-refractivity contribution in [1.29, 1.82) is 0 Å². The monoisotopic (exact) mass is 416 g/mol. The van der Waals surface area contributed by atoms with Gasteiger partial charge < -0.3 is 10.2 Å². The lowest BCUT2D eigenvalue weighted by Gasteiger charge is -2.31. The molecule has 5 nitrogen and oxygen atoms in total. The molecule has 160 valence electrons. The molecule has 2 aliphatic heterocycles. The lowest BCUT2D eigenvalue weighted by molar-refractivity contribution is -0.147. The molecule has 1 N–H and O–H groups in total. The van der Waals surface area contributed by atoms with Crippen LogP contribution in [-0.2, 0) is 9.59 Å². The Morgan fingerprint density at radius 3 is 2.35 bits per heavy atom. The van der Waals surface area contributed by atoms with E-state index in [4.69, 9.17) is 0 Å². The number of aryl methyl sites for hydroxylation is 1. The van der Waals surface area contributed by atoms with Gasteiger partial charge in [0.15, 0.2) is 5.78 Å². The van der Waals surface area contributed by atoms with Crippen molar-refractivity contribution < 1.29 is 14.4 Å². The number of rotatable bonds is 5. The SMILES string of the molecule is Cc1cccc(C(=O)C2CCN(C(=O)C(=O)C3C=C(c4ccccc4)NC3C)CC2)c1. The Morgan fingerprint density at radius 1 is 0.968 bits per heavy atom. The van der Waals surface area contributed by atoms with Gasteiger partial charge in [-0.3, -0.25) is 14.4 Å². The first-order valence-corrected chi connectivity index (χ1v) is 10.9. The van der Waals surface area contributed by atoms with Gasteiger partial charge in [-0.25, -0.2) is 0 Å². The zero-order valence-corrected chi connectivity index (χ0v) is 18.0. The molecule has 0 bridgehead atoms. The molecule has 2 unspecified atom stereocenters. The van der Waals surface area contributed by atoms with Gasteiger partial charge in [-0.1, -0.05) is 54.1 Å². The molecule has 2 aromatic rings. The molecule has 1 amide bonds. The molecule has 2 aliphatic rings. The zero-order chi connectivity index (χ0) is 22.0. The van der Waals surface area contributed by atoms with Crippen molar-refractivity contribution >= 4 is 23.2 Å². The third kappa shape index (κ3) is 4.46. The zero-order valence-electron chi connectivity index (χ0n) is 18.0. The number of ketones is 2. The Kier molecular flexibility index (Phi) is 6.03. The molecule has 0 aromatic heterocycles. The number of likely N-dealkylation sites (tertiary alicyclic amines) is 1. The fourth-order valence-corrected chi connectivity index (χ4v) is 4.48. The first-order chi connectivity index (χ1) is 14.9. The summed E-state index contributed by atoms with van der Waals surface area (Å²) in [6.45, 7) is 4.78. The highest BCUT2D eigenvalue weighted by Crippen LogP contribution is 2.27. The molecule has 0 aliphatic carbocycles. The first kappa shape index (κ1) is 21.0. The van der Waals surface area contributed by atoms with E-state index in [-0.39, 0.29) is 23.5 Å². The van der Waals surface area contributed by atoms with Crippen molar-refractivity contribution in [2.75, 3.05) is 13.1 Å². The quantitative estimate of drug-likeness (QED) is 0.597. The molecule has 2 atom stereocenters. The van der Waals surface area contributed by atoms with Gasteiger partial charge in [0.25, 0.3) is 5.91 Å². The van der Waals surface area contributed by atoms with Gasteiger partial charge in [0.2, 0.25) is 5.78 Å². The molecule has 0 saturated carbocycles. The summed E-state index contributed by atoms with van der Waals surface area (Å²) in [5.41, 5.74) is 3.69. The highest BCUT2D eigenvalue weighted by molar-refractivity contribution is 6.37. The number of amides is 1. The minimum absolute atomic E-state index is 0.0994. The maximum Gasteiger partial charge on any atom is 0.290 e. The number of nitrogens with zero attached hydrogens (tertiary/aromatic N) is 1. The summed E-state index contributed by atoms with van der Waals surface area (Å²) in [5.74, 6) is -1.27. The van der Waals surface area contributed by atoms with Crippen LogP contribution >= 0.6 is 0 Å². The number of hydrogen-bond acceptors (Lipinski definition) is 4. The number of hydrogen-bond donors (Lipinski definition) is 1. The van der Waals surface area contributed by atoms with E-state index in [1.54, 1.807) is 4.90 Å². The maximum absolute atomic E-state index is 13.0. The lowest BCUT2D eigenvalue weighted by Crippen LogP contribution is -2.46. The Hall–Kier alpha value is -3.21. The molecule has 1 fully saturated rings. The number of nitrogens with one attached hydrogen (secondary N) is 1. The van der Waals surface area contributed by atoms with Gasteiger partial charge in [0, 0.05) is 36.3 Å². The second-order valence-electron chi connectivity index (χ2n) is 8.57. The predicted molar refractivity (Wildman–Crippen MR) is 120 cm³/mol. The van der Waals surface area contributed by atoms with Gasteiger partial charge in [-0.05, 0) is 44.4 Å². The van der Waals surface area contributed by atoms with Crippen LogP contribution in [0, 0.1) is 18.8 Å². The van der Waals surface area contributed by atoms with E-state index in [9.17, 15) is 14.4 Å². The molecule has 2 aromatic carbocycles. The smallest absolute Gasteiger partial charge is 0.290 e. The molecule has 0 spiro atoms. The molecular formula is C26H28N2O3.